The Morgan fingerprint density at radius 3 is 2.17 bits per heavy atom. The SMILES string of the molecule is Cc1ccc(S(=O)(=O)NC(C)(C[N+](=O)[O-])c2ccccc2)cc1. The molecule has 6 nitrogen and oxygen atoms in total. The molecule has 1 N–H and O–H groups in total. The summed E-state index contributed by atoms with van der Waals surface area (Å²) >= 11 is 0. The quantitative estimate of drug-likeness (QED) is 0.649. The normalized spacial score (nSPS) is 14.2. The van der Waals surface area contributed by atoms with Crippen molar-refractivity contribution in [1.82, 2.24) is 4.72 Å². The molecule has 0 fully saturated rings. The highest BCUT2D eigenvalue weighted by atomic mass is 32.2. The number of sulfonamides is 1. The van der Waals surface area contributed by atoms with Gasteiger partial charge in [0, 0.05) is 4.92 Å². The minimum Gasteiger partial charge on any atom is -0.264 e. The zero-order valence-electron chi connectivity index (χ0n) is 12.9. The third-order valence-corrected chi connectivity index (χ3v) is 5.16. The van der Waals surface area contributed by atoms with Gasteiger partial charge in [0.15, 0.2) is 0 Å². The van der Waals surface area contributed by atoms with Crippen LogP contribution in [0.3, 0.4) is 0 Å². The van der Waals surface area contributed by atoms with Crippen molar-refractivity contribution in [3.63, 3.8) is 0 Å². The van der Waals surface area contributed by atoms with Gasteiger partial charge in [0.2, 0.25) is 16.6 Å². The molecule has 0 aliphatic carbocycles. The highest BCUT2D eigenvalue weighted by molar-refractivity contribution is 7.89. The smallest absolute Gasteiger partial charge is 0.241 e. The summed E-state index contributed by atoms with van der Waals surface area (Å²) in [6.07, 6.45) is 0. The molecule has 0 bridgehead atoms. The fraction of sp³-hybridized carbons (Fsp3) is 0.250. The van der Waals surface area contributed by atoms with Gasteiger partial charge in [-0.15, -0.1) is 0 Å². The van der Waals surface area contributed by atoms with E-state index >= 15 is 0 Å². The zero-order chi connectivity index (χ0) is 17.1. The van der Waals surface area contributed by atoms with Crippen LogP contribution in [-0.4, -0.2) is 19.9 Å². The minimum absolute atomic E-state index is 0.0774. The van der Waals surface area contributed by atoms with Crippen LogP contribution in [0.1, 0.15) is 18.1 Å². The van der Waals surface area contributed by atoms with Crippen LogP contribution >= 0.6 is 0 Å². The van der Waals surface area contributed by atoms with E-state index in [1.807, 2.05) is 6.92 Å². The molecule has 0 aromatic heterocycles. The zero-order valence-corrected chi connectivity index (χ0v) is 13.7. The van der Waals surface area contributed by atoms with Crippen molar-refractivity contribution in [2.75, 3.05) is 6.54 Å². The molecule has 1 unspecified atom stereocenters. The van der Waals surface area contributed by atoms with E-state index < -0.39 is 27.0 Å². The Kier molecular flexibility index (Phi) is 4.82. The third-order valence-electron chi connectivity index (χ3n) is 3.55. The summed E-state index contributed by atoms with van der Waals surface area (Å²) in [6, 6.07) is 14.9. The van der Waals surface area contributed by atoms with E-state index in [-0.39, 0.29) is 4.90 Å². The monoisotopic (exact) mass is 334 g/mol. The number of hydrogen-bond donors (Lipinski definition) is 1. The van der Waals surface area contributed by atoms with Crippen molar-refractivity contribution < 1.29 is 13.3 Å². The average molecular weight is 334 g/mol. The fourth-order valence-corrected chi connectivity index (χ4v) is 3.71. The van der Waals surface area contributed by atoms with Crippen LogP contribution in [0.5, 0.6) is 0 Å². The van der Waals surface area contributed by atoms with Crippen LogP contribution in [0.15, 0.2) is 59.5 Å². The van der Waals surface area contributed by atoms with Crippen LogP contribution in [-0.2, 0) is 15.6 Å². The first-order valence-corrected chi connectivity index (χ1v) is 8.49. The van der Waals surface area contributed by atoms with E-state index in [1.54, 1.807) is 42.5 Å². The number of nitrogens with one attached hydrogen (secondary N) is 1. The van der Waals surface area contributed by atoms with Crippen molar-refractivity contribution in [3.05, 3.63) is 75.8 Å². The summed E-state index contributed by atoms with van der Waals surface area (Å²) in [5.41, 5.74) is 0.126. The van der Waals surface area contributed by atoms with E-state index in [2.05, 4.69) is 4.72 Å². The Morgan fingerprint density at radius 2 is 1.65 bits per heavy atom. The number of hydrogen-bond acceptors (Lipinski definition) is 4. The topological polar surface area (TPSA) is 89.3 Å². The first kappa shape index (κ1) is 17.1. The maximum absolute atomic E-state index is 12.6. The van der Waals surface area contributed by atoms with Crippen molar-refractivity contribution in [3.8, 4) is 0 Å². The number of benzene rings is 2. The molecule has 0 aliphatic heterocycles. The average Bonchev–Trinajstić information content (AvgIpc) is 2.47. The van der Waals surface area contributed by atoms with Gasteiger partial charge in [-0.2, -0.15) is 4.72 Å². The predicted molar refractivity (Wildman–Crippen MR) is 87.2 cm³/mol. The fourth-order valence-electron chi connectivity index (χ4n) is 2.32. The van der Waals surface area contributed by atoms with Gasteiger partial charge in [0.1, 0.15) is 5.54 Å². The van der Waals surface area contributed by atoms with E-state index in [9.17, 15) is 18.5 Å². The lowest BCUT2D eigenvalue weighted by molar-refractivity contribution is -0.490. The second-order valence-corrected chi connectivity index (χ2v) is 7.29. The molecule has 2 aromatic carbocycles. The van der Waals surface area contributed by atoms with E-state index in [4.69, 9.17) is 0 Å². The standard InChI is InChI=1S/C16H18N2O4S/c1-13-8-10-15(11-9-13)23(21,22)17-16(2,12-18(19)20)14-6-4-3-5-7-14/h3-11,17H,12H2,1-2H3. The molecule has 0 amide bonds. The summed E-state index contributed by atoms with van der Waals surface area (Å²) < 4.78 is 27.6. The number of nitrogens with zero attached hydrogens (tertiary/aromatic N) is 1. The lowest BCUT2D eigenvalue weighted by Gasteiger charge is -2.27. The van der Waals surface area contributed by atoms with Gasteiger partial charge < -0.3 is 0 Å². The van der Waals surface area contributed by atoms with Gasteiger partial charge in [-0.25, -0.2) is 8.42 Å². The molecule has 0 saturated carbocycles. The predicted octanol–water partition coefficient (Wildman–Crippen LogP) is 2.47. The molecule has 122 valence electrons. The molecule has 0 aliphatic rings. The largest absolute Gasteiger partial charge is 0.264 e. The van der Waals surface area contributed by atoms with Gasteiger partial charge in [0.05, 0.1) is 4.90 Å². The van der Waals surface area contributed by atoms with Crippen molar-refractivity contribution in [2.45, 2.75) is 24.3 Å². The Hall–Kier alpha value is -2.25. The van der Waals surface area contributed by atoms with E-state index in [1.165, 1.54) is 19.1 Å². The molecule has 2 aromatic rings. The molecular weight excluding hydrogens is 316 g/mol. The van der Waals surface area contributed by atoms with Crippen LogP contribution < -0.4 is 4.72 Å². The summed E-state index contributed by atoms with van der Waals surface area (Å²) in [5, 5.41) is 11.0. The molecule has 0 spiro atoms. The molecule has 0 saturated heterocycles. The van der Waals surface area contributed by atoms with Gasteiger partial charge in [-0.3, -0.25) is 10.1 Å². The van der Waals surface area contributed by atoms with Crippen LogP contribution in [0.4, 0.5) is 0 Å². The van der Waals surface area contributed by atoms with E-state index in [0.717, 1.165) is 5.56 Å². The molecule has 1 atom stereocenters. The van der Waals surface area contributed by atoms with Gasteiger partial charge in [0.25, 0.3) is 0 Å². The Morgan fingerprint density at radius 1 is 1.09 bits per heavy atom. The Bertz CT molecular complexity index is 789. The first-order valence-electron chi connectivity index (χ1n) is 7.01. The molecule has 0 heterocycles. The summed E-state index contributed by atoms with van der Waals surface area (Å²) in [4.78, 5) is 10.6. The molecule has 7 heteroatoms. The first-order chi connectivity index (χ1) is 10.7. The number of nitro groups is 1. The maximum atomic E-state index is 12.6. The second kappa shape index (κ2) is 6.47. The summed E-state index contributed by atoms with van der Waals surface area (Å²) in [6.45, 7) is 2.81. The second-order valence-electron chi connectivity index (χ2n) is 5.61. The lowest BCUT2D eigenvalue weighted by atomic mass is 9.93. The Balaban J connectivity index is 2.41. The minimum atomic E-state index is -3.88. The van der Waals surface area contributed by atoms with Crippen molar-refractivity contribution in [2.24, 2.45) is 0 Å². The molecule has 23 heavy (non-hydrogen) atoms. The summed E-state index contributed by atoms with van der Waals surface area (Å²) in [5.74, 6) is 0. The maximum Gasteiger partial charge on any atom is 0.241 e. The van der Waals surface area contributed by atoms with Gasteiger partial charge >= 0.3 is 0 Å². The number of aryl methyl sites for hydroxylation is 1. The highest BCUT2D eigenvalue weighted by Gasteiger charge is 2.37. The van der Waals surface area contributed by atoms with Crippen LogP contribution in [0, 0.1) is 17.0 Å². The third kappa shape index (κ3) is 4.14. The van der Waals surface area contributed by atoms with E-state index in [0.29, 0.717) is 5.56 Å². The van der Waals surface area contributed by atoms with Crippen LogP contribution in [0.25, 0.3) is 0 Å². The highest BCUT2D eigenvalue weighted by Crippen LogP contribution is 2.24. The molecule has 2 rings (SSSR count). The van der Waals surface area contributed by atoms with Crippen molar-refractivity contribution >= 4 is 10.0 Å². The van der Waals surface area contributed by atoms with Gasteiger partial charge in [-0.1, -0.05) is 48.0 Å². The lowest BCUT2D eigenvalue weighted by Crippen LogP contribution is -2.48. The van der Waals surface area contributed by atoms with Crippen molar-refractivity contribution in [1.29, 1.82) is 0 Å². The molecule has 0 radical (unpaired) electrons. The summed E-state index contributed by atoms with van der Waals surface area (Å²) in [7, 11) is -3.88. The Labute approximate surface area is 135 Å². The molecular formula is C16H18N2O4S. The van der Waals surface area contributed by atoms with Crippen LogP contribution in [0.2, 0.25) is 0 Å². The van der Waals surface area contributed by atoms with Gasteiger partial charge in [-0.05, 0) is 31.5 Å². The number of rotatable bonds is 6.